The average Bonchev–Trinajstić information content (AvgIpc) is 2.81. The van der Waals surface area contributed by atoms with E-state index in [1.54, 1.807) is 67.6 Å². The zero-order valence-electron chi connectivity index (χ0n) is 17.7. The van der Waals surface area contributed by atoms with Gasteiger partial charge in [-0.15, -0.1) is 0 Å². The summed E-state index contributed by atoms with van der Waals surface area (Å²) in [7, 11) is 1.44. The van der Waals surface area contributed by atoms with Crippen LogP contribution >= 0.6 is 34.2 Å². The summed E-state index contributed by atoms with van der Waals surface area (Å²) in [6, 6.07) is 19.0. The Hall–Kier alpha value is -3.35. The summed E-state index contributed by atoms with van der Waals surface area (Å²) in [5, 5.41) is 12.6. The van der Waals surface area contributed by atoms with Crippen LogP contribution in [-0.2, 0) is 4.79 Å². The molecule has 33 heavy (non-hydrogen) atoms. The van der Waals surface area contributed by atoms with Gasteiger partial charge >= 0.3 is 5.97 Å². The van der Waals surface area contributed by atoms with Gasteiger partial charge in [0.15, 0.2) is 11.5 Å². The van der Waals surface area contributed by atoms with E-state index in [0.29, 0.717) is 25.4 Å². The number of esters is 1. The molecule has 0 saturated carbocycles. The van der Waals surface area contributed by atoms with Crippen molar-refractivity contribution in [1.82, 2.24) is 0 Å². The van der Waals surface area contributed by atoms with Gasteiger partial charge in [0.25, 0.3) is 5.91 Å². The lowest BCUT2D eigenvalue weighted by Crippen LogP contribution is -2.14. The fourth-order valence-corrected chi connectivity index (χ4v) is 3.94. The van der Waals surface area contributed by atoms with Crippen LogP contribution in [0.2, 0.25) is 5.02 Å². The van der Waals surface area contributed by atoms with E-state index in [0.717, 1.165) is 5.56 Å². The van der Waals surface area contributed by atoms with Crippen molar-refractivity contribution in [3.63, 3.8) is 0 Å². The molecule has 0 atom stereocenters. The minimum absolute atomic E-state index is 0.124. The topological polar surface area (TPSA) is 88.4 Å². The molecule has 8 heteroatoms. The number of carbonyl (C=O) groups excluding carboxylic acids is 2. The minimum Gasteiger partial charge on any atom is -0.493 e. The number of hydrogen-bond acceptors (Lipinski definition) is 5. The highest BCUT2D eigenvalue weighted by atomic mass is 127. The Morgan fingerprint density at radius 3 is 2.48 bits per heavy atom. The molecule has 6 nitrogen and oxygen atoms in total. The number of halogens is 2. The molecule has 0 fully saturated rings. The summed E-state index contributed by atoms with van der Waals surface area (Å²) in [5.41, 5.74) is 2.02. The quantitative estimate of drug-likeness (QED) is 0.128. The maximum Gasteiger partial charge on any atom is 0.343 e. The van der Waals surface area contributed by atoms with E-state index in [4.69, 9.17) is 21.1 Å². The molecule has 3 aromatic carbocycles. The van der Waals surface area contributed by atoms with Gasteiger partial charge in [-0.1, -0.05) is 41.9 Å². The molecular formula is C25H18ClIN2O4. The van der Waals surface area contributed by atoms with Crippen LogP contribution in [0.1, 0.15) is 21.5 Å². The smallest absolute Gasteiger partial charge is 0.343 e. The number of benzene rings is 3. The molecule has 0 unspecified atom stereocenters. The molecule has 0 radical (unpaired) electrons. The van der Waals surface area contributed by atoms with Gasteiger partial charge in [-0.25, -0.2) is 4.79 Å². The summed E-state index contributed by atoms with van der Waals surface area (Å²) in [4.78, 5) is 25.2. The second-order valence-corrected chi connectivity index (χ2v) is 8.41. The number of nitrogens with one attached hydrogen (secondary N) is 1. The molecule has 0 aliphatic rings. The van der Waals surface area contributed by atoms with Gasteiger partial charge in [-0.05, 0) is 77.0 Å². The second-order valence-electron chi connectivity index (χ2n) is 6.85. The summed E-state index contributed by atoms with van der Waals surface area (Å²) in [6.45, 7) is 1.81. The first kappa shape index (κ1) is 24.3. The fourth-order valence-electron chi connectivity index (χ4n) is 2.93. The molecule has 0 saturated heterocycles. The highest BCUT2D eigenvalue weighted by Gasteiger charge is 2.18. The SMILES string of the molecule is COc1cc(/C=C(\C#N)C(=O)Nc2c(C)cccc2Cl)cc(I)c1OC(=O)c1ccccc1. The van der Waals surface area contributed by atoms with Crippen LogP contribution in [0, 0.1) is 21.8 Å². The second kappa shape index (κ2) is 11.0. The van der Waals surface area contributed by atoms with E-state index in [9.17, 15) is 14.9 Å². The first-order valence-corrected chi connectivity index (χ1v) is 11.1. The number of nitriles is 1. The van der Waals surface area contributed by atoms with Gasteiger partial charge < -0.3 is 14.8 Å². The van der Waals surface area contributed by atoms with Crippen LogP contribution in [0.15, 0.2) is 66.2 Å². The van der Waals surface area contributed by atoms with Gasteiger partial charge in [0, 0.05) is 0 Å². The molecule has 3 rings (SSSR count). The van der Waals surface area contributed by atoms with Crippen molar-refractivity contribution in [2.75, 3.05) is 12.4 Å². The van der Waals surface area contributed by atoms with Crippen LogP contribution in [-0.4, -0.2) is 19.0 Å². The Balaban J connectivity index is 1.89. The van der Waals surface area contributed by atoms with E-state index in [-0.39, 0.29) is 17.1 Å². The first-order chi connectivity index (χ1) is 15.8. The molecule has 0 aliphatic heterocycles. The Morgan fingerprint density at radius 1 is 1.12 bits per heavy atom. The Morgan fingerprint density at radius 2 is 1.85 bits per heavy atom. The highest BCUT2D eigenvalue weighted by Crippen LogP contribution is 2.35. The van der Waals surface area contributed by atoms with Crippen LogP contribution in [0.4, 0.5) is 5.69 Å². The number of para-hydroxylation sites is 1. The van der Waals surface area contributed by atoms with E-state index >= 15 is 0 Å². The molecule has 1 amide bonds. The van der Waals surface area contributed by atoms with Crippen molar-refractivity contribution in [3.8, 4) is 17.6 Å². The molecule has 3 aromatic rings. The van der Waals surface area contributed by atoms with Crippen molar-refractivity contribution in [2.45, 2.75) is 6.92 Å². The third-order valence-electron chi connectivity index (χ3n) is 4.59. The Bertz CT molecular complexity index is 1260. The number of amides is 1. The van der Waals surface area contributed by atoms with Crippen LogP contribution in [0.5, 0.6) is 11.5 Å². The molecule has 0 heterocycles. The number of carbonyl (C=O) groups is 2. The van der Waals surface area contributed by atoms with E-state index in [1.165, 1.54) is 13.2 Å². The lowest BCUT2D eigenvalue weighted by Gasteiger charge is -2.13. The number of hydrogen-bond donors (Lipinski definition) is 1. The summed E-state index contributed by atoms with van der Waals surface area (Å²) >= 11 is 8.17. The van der Waals surface area contributed by atoms with Gasteiger partial charge in [0.2, 0.25) is 0 Å². The minimum atomic E-state index is -0.595. The molecule has 166 valence electrons. The van der Waals surface area contributed by atoms with E-state index in [2.05, 4.69) is 5.32 Å². The number of methoxy groups -OCH3 is 1. The lowest BCUT2D eigenvalue weighted by atomic mass is 10.1. The molecule has 0 spiro atoms. The monoisotopic (exact) mass is 572 g/mol. The maximum atomic E-state index is 12.7. The number of rotatable bonds is 6. The standard InChI is InChI=1S/C25H18ClIN2O4/c1-15-7-6-10-19(26)22(15)29-24(30)18(14-28)11-16-12-20(27)23(21(13-16)32-2)33-25(31)17-8-4-3-5-9-17/h3-13H,1-2H3,(H,29,30)/b18-11+. The van der Waals surface area contributed by atoms with E-state index in [1.807, 2.05) is 28.7 Å². The number of nitrogens with zero attached hydrogens (tertiary/aromatic N) is 1. The van der Waals surface area contributed by atoms with Crippen molar-refractivity contribution in [2.24, 2.45) is 0 Å². The summed E-state index contributed by atoms with van der Waals surface area (Å²) in [6.07, 6.45) is 1.43. The maximum absolute atomic E-state index is 12.7. The van der Waals surface area contributed by atoms with Crippen molar-refractivity contribution < 1.29 is 19.1 Å². The summed E-state index contributed by atoms with van der Waals surface area (Å²) < 4.78 is 11.5. The van der Waals surface area contributed by atoms with Crippen LogP contribution < -0.4 is 14.8 Å². The Labute approximate surface area is 209 Å². The van der Waals surface area contributed by atoms with Gasteiger partial charge in [-0.2, -0.15) is 5.26 Å². The molecule has 1 N–H and O–H groups in total. The normalized spacial score (nSPS) is 10.8. The van der Waals surface area contributed by atoms with E-state index < -0.39 is 11.9 Å². The van der Waals surface area contributed by atoms with Crippen LogP contribution in [0.3, 0.4) is 0 Å². The largest absolute Gasteiger partial charge is 0.493 e. The van der Waals surface area contributed by atoms with Crippen LogP contribution in [0.25, 0.3) is 6.08 Å². The highest BCUT2D eigenvalue weighted by molar-refractivity contribution is 14.1. The number of aryl methyl sites for hydroxylation is 1. The predicted molar refractivity (Wildman–Crippen MR) is 136 cm³/mol. The zero-order valence-corrected chi connectivity index (χ0v) is 20.6. The predicted octanol–water partition coefficient (Wildman–Crippen LogP) is 6.03. The fraction of sp³-hybridized carbons (Fsp3) is 0.0800. The zero-order chi connectivity index (χ0) is 24.0. The Kier molecular flexibility index (Phi) is 8.09. The van der Waals surface area contributed by atoms with Crippen molar-refractivity contribution in [3.05, 3.63) is 91.5 Å². The molecule has 0 aliphatic carbocycles. The number of anilines is 1. The molecular weight excluding hydrogens is 555 g/mol. The average molecular weight is 573 g/mol. The summed E-state index contributed by atoms with van der Waals surface area (Å²) in [5.74, 6) is -0.583. The number of ether oxygens (including phenoxy) is 2. The van der Waals surface area contributed by atoms with Crippen molar-refractivity contribution in [1.29, 1.82) is 5.26 Å². The lowest BCUT2D eigenvalue weighted by molar-refractivity contribution is -0.112. The van der Waals surface area contributed by atoms with Gasteiger partial charge in [0.1, 0.15) is 11.6 Å². The first-order valence-electron chi connectivity index (χ1n) is 9.67. The molecule has 0 aromatic heterocycles. The third kappa shape index (κ3) is 5.92. The van der Waals surface area contributed by atoms with Crippen molar-refractivity contribution >= 4 is 57.8 Å². The third-order valence-corrected chi connectivity index (χ3v) is 5.71. The van der Waals surface area contributed by atoms with Gasteiger partial charge in [-0.3, -0.25) is 4.79 Å². The van der Waals surface area contributed by atoms with Gasteiger partial charge in [0.05, 0.1) is 27.0 Å². The molecule has 0 bridgehead atoms.